The van der Waals surface area contributed by atoms with Crippen LogP contribution in [0.5, 0.6) is 0 Å². The summed E-state index contributed by atoms with van der Waals surface area (Å²) in [5.41, 5.74) is 0. The smallest absolute Gasteiger partial charge is 0.0550 e. The topological polar surface area (TPSA) is 0 Å². The van der Waals surface area contributed by atoms with Gasteiger partial charge in [0.15, 0.2) is 0 Å². The Balaban J connectivity index is 2.39. The van der Waals surface area contributed by atoms with Crippen molar-refractivity contribution in [1.82, 2.24) is 0 Å². The van der Waals surface area contributed by atoms with Gasteiger partial charge in [0.25, 0.3) is 0 Å². The second-order valence-electron chi connectivity index (χ2n) is 1.18. The molecule has 1 atom stereocenters. The summed E-state index contributed by atoms with van der Waals surface area (Å²) in [4.78, 5) is 0. The van der Waals surface area contributed by atoms with E-state index in [4.69, 9.17) is 11.6 Å². The number of halogens is 1. The first-order chi connectivity index (χ1) is 2.39. The summed E-state index contributed by atoms with van der Waals surface area (Å²) >= 11 is 5.46. The highest BCUT2D eigenvalue weighted by atomic mass is 35.5. The lowest BCUT2D eigenvalue weighted by molar-refractivity contribution is 0.971. The average Bonchev–Trinajstić information content (AvgIpc) is 1.30. The molecule has 1 aliphatic rings. The van der Waals surface area contributed by atoms with Crippen LogP contribution in [-0.4, -0.2) is 5.38 Å². The standard InChI is InChI=1S/C4H5Cl/c5-4-2-1-3-4/h1-2,4H,3H2/t4-/m1/s1. The first-order valence-corrected chi connectivity index (χ1v) is 2.14. The van der Waals surface area contributed by atoms with Crippen LogP contribution in [0.2, 0.25) is 0 Å². The molecule has 0 amide bonds. The second-order valence-corrected chi connectivity index (χ2v) is 1.74. The number of allylic oxidation sites excluding steroid dienone is 2. The van der Waals surface area contributed by atoms with E-state index in [1.807, 2.05) is 6.08 Å². The van der Waals surface area contributed by atoms with E-state index in [9.17, 15) is 0 Å². The molecule has 1 rings (SSSR count). The van der Waals surface area contributed by atoms with E-state index in [2.05, 4.69) is 6.08 Å². The molecular weight excluding hydrogens is 83.5 g/mol. The van der Waals surface area contributed by atoms with E-state index in [0.29, 0.717) is 5.38 Å². The molecule has 0 unspecified atom stereocenters. The molecule has 28 valence electrons. The van der Waals surface area contributed by atoms with E-state index < -0.39 is 0 Å². The molecular formula is C4H5Cl. The van der Waals surface area contributed by atoms with Crippen LogP contribution < -0.4 is 0 Å². The lowest BCUT2D eigenvalue weighted by atomic mass is 10.1. The molecule has 0 saturated heterocycles. The summed E-state index contributed by atoms with van der Waals surface area (Å²) in [6.07, 6.45) is 5.13. The van der Waals surface area contributed by atoms with Crippen molar-refractivity contribution in [2.45, 2.75) is 11.8 Å². The first-order valence-electron chi connectivity index (χ1n) is 1.70. The Morgan fingerprint density at radius 3 is 2.20 bits per heavy atom. The minimum atomic E-state index is 0.356. The zero-order valence-corrected chi connectivity index (χ0v) is 3.57. The predicted molar refractivity (Wildman–Crippen MR) is 23.4 cm³/mol. The Bertz CT molecular complexity index is 56.7. The summed E-state index contributed by atoms with van der Waals surface area (Å²) in [6, 6.07) is 0. The van der Waals surface area contributed by atoms with Crippen molar-refractivity contribution in [3.63, 3.8) is 0 Å². The first kappa shape index (κ1) is 3.23. The monoisotopic (exact) mass is 88.0 g/mol. The van der Waals surface area contributed by atoms with Gasteiger partial charge in [0, 0.05) is 0 Å². The van der Waals surface area contributed by atoms with Gasteiger partial charge in [-0.05, 0) is 6.42 Å². The van der Waals surface area contributed by atoms with Gasteiger partial charge in [-0.2, -0.15) is 0 Å². The molecule has 0 fully saturated rings. The SMILES string of the molecule is Cl[C@@H]1C=CC1. The lowest BCUT2D eigenvalue weighted by Crippen LogP contribution is -1.97. The van der Waals surface area contributed by atoms with Gasteiger partial charge >= 0.3 is 0 Å². The number of rotatable bonds is 0. The molecule has 0 bridgehead atoms. The van der Waals surface area contributed by atoms with Gasteiger partial charge in [-0.3, -0.25) is 0 Å². The molecule has 0 spiro atoms. The van der Waals surface area contributed by atoms with Crippen LogP contribution in [0.4, 0.5) is 0 Å². The Kier molecular flexibility index (Phi) is 0.657. The highest BCUT2D eigenvalue weighted by molar-refractivity contribution is 6.22. The predicted octanol–water partition coefficient (Wildman–Crippen LogP) is 1.55. The Hall–Kier alpha value is 0.0300. The number of alkyl halides is 1. The Morgan fingerprint density at radius 2 is 2.20 bits per heavy atom. The van der Waals surface area contributed by atoms with Crippen molar-refractivity contribution >= 4 is 11.6 Å². The largest absolute Gasteiger partial charge is 0.118 e. The lowest BCUT2D eigenvalue weighted by Gasteiger charge is -2.05. The fourth-order valence-electron chi connectivity index (χ4n) is 0.239. The highest BCUT2D eigenvalue weighted by Gasteiger charge is 2.01. The van der Waals surface area contributed by atoms with Crippen molar-refractivity contribution in [3.05, 3.63) is 12.2 Å². The maximum absolute atomic E-state index is 5.46. The van der Waals surface area contributed by atoms with Gasteiger partial charge in [0.05, 0.1) is 5.38 Å². The molecule has 0 aromatic rings. The third kappa shape index (κ3) is 0.457. The van der Waals surface area contributed by atoms with Crippen LogP contribution in [-0.2, 0) is 0 Å². The maximum atomic E-state index is 5.46. The van der Waals surface area contributed by atoms with Crippen LogP contribution in [0.15, 0.2) is 12.2 Å². The van der Waals surface area contributed by atoms with Gasteiger partial charge in [0.2, 0.25) is 0 Å². The molecule has 0 heterocycles. The van der Waals surface area contributed by atoms with Crippen molar-refractivity contribution in [2.24, 2.45) is 0 Å². The van der Waals surface area contributed by atoms with Crippen LogP contribution >= 0.6 is 11.6 Å². The van der Waals surface area contributed by atoms with Gasteiger partial charge in [-0.1, -0.05) is 12.2 Å². The molecule has 0 aromatic carbocycles. The van der Waals surface area contributed by atoms with E-state index >= 15 is 0 Å². The van der Waals surface area contributed by atoms with Crippen molar-refractivity contribution in [1.29, 1.82) is 0 Å². The molecule has 0 aliphatic heterocycles. The molecule has 0 aromatic heterocycles. The van der Waals surface area contributed by atoms with Crippen molar-refractivity contribution in [3.8, 4) is 0 Å². The van der Waals surface area contributed by atoms with Crippen LogP contribution in [0.1, 0.15) is 6.42 Å². The molecule has 0 saturated carbocycles. The quantitative estimate of drug-likeness (QED) is 0.311. The fraction of sp³-hybridized carbons (Fsp3) is 0.500. The van der Waals surface area contributed by atoms with Crippen LogP contribution in [0.3, 0.4) is 0 Å². The van der Waals surface area contributed by atoms with Gasteiger partial charge in [-0.15, -0.1) is 11.6 Å². The third-order valence-corrected chi connectivity index (χ3v) is 1.03. The summed E-state index contributed by atoms with van der Waals surface area (Å²) in [6.45, 7) is 0. The zero-order chi connectivity index (χ0) is 3.70. The van der Waals surface area contributed by atoms with E-state index in [-0.39, 0.29) is 0 Å². The van der Waals surface area contributed by atoms with E-state index in [0.717, 1.165) is 6.42 Å². The normalized spacial score (nSPS) is 33.4. The van der Waals surface area contributed by atoms with Crippen LogP contribution in [0, 0.1) is 0 Å². The summed E-state index contributed by atoms with van der Waals surface area (Å²) in [7, 11) is 0. The molecule has 0 N–H and O–H groups in total. The average molecular weight is 88.5 g/mol. The Morgan fingerprint density at radius 1 is 1.80 bits per heavy atom. The third-order valence-electron chi connectivity index (χ3n) is 0.706. The number of hydrogen-bond acceptors (Lipinski definition) is 0. The van der Waals surface area contributed by atoms with Crippen molar-refractivity contribution in [2.75, 3.05) is 0 Å². The highest BCUT2D eigenvalue weighted by Crippen LogP contribution is 2.13. The van der Waals surface area contributed by atoms with Gasteiger partial charge in [-0.25, -0.2) is 0 Å². The second kappa shape index (κ2) is 1.02. The fourth-order valence-corrected chi connectivity index (χ4v) is 0.445. The maximum Gasteiger partial charge on any atom is 0.0550 e. The molecule has 1 aliphatic carbocycles. The van der Waals surface area contributed by atoms with Crippen LogP contribution in [0.25, 0.3) is 0 Å². The van der Waals surface area contributed by atoms with Gasteiger partial charge in [0.1, 0.15) is 0 Å². The molecule has 5 heavy (non-hydrogen) atoms. The molecule has 0 radical (unpaired) electrons. The van der Waals surface area contributed by atoms with E-state index in [1.165, 1.54) is 0 Å². The van der Waals surface area contributed by atoms with Gasteiger partial charge < -0.3 is 0 Å². The van der Waals surface area contributed by atoms with E-state index in [1.54, 1.807) is 0 Å². The number of hydrogen-bond donors (Lipinski definition) is 0. The summed E-state index contributed by atoms with van der Waals surface area (Å²) in [5.74, 6) is 0. The minimum Gasteiger partial charge on any atom is -0.118 e. The Labute approximate surface area is 36.4 Å². The van der Waals surface area contributed by atoms with Crippen molar-refractivity contribution < 1.29 is 0 Å². The molecule has 1 heteroatoms. The summed E-state index contributed by atoms with van der Waals surface area (Å²) in [5, 5.41) is 0.356. The zero-order valence-electron chi connectivity index (χ0n) is 2.82. The summed E-state index contributed by atoms with van der Waals surface area (Å²) < 4.78 is 0. The molecule has 0 nitrogen and oxygen atoms in total. The minimum absolute atomic E-state index is 0.356.